The molecule has 0 spiro atoms. The summed E-state index contributed by atoms with van der Waals surface area (Å²) in [5, 5.41) is -0.168. The number of nitrogens with one attached hydrogen (secondary N) is 1. The Balaban J connectivity index is 1.95. The molecule has 0 heterocycles. The van der Waals surface area contributed by atoms with Crippen molar-refractivity contribution in [3.63, 3.8) is 0 Å². The van der Waals surface area contributed by atoms with Crippen molar-refractivity contribution in [1.82, 2.24) is 4.72 Å². The van der Waals surface area contributed by atoms with E-state index in [0.717, 1.165) is 19.3 Å². The number of sulfonamides is 1. The lowest BCUT2D eigenvalue weighted by molar-refractivity contribution is -0.123. The van der Waals surface area contributed by atoms with E-state index in [2.05, 4.69) is 4.72 Å². The van der Waals surface area contributed by atoms with Gasteiger partial charge in [0.05, 0.1) is 5.25 Å². The first kappa shape index (κ1) is 13.0. The highest BCUT2D eigenvalue weighted by molar-refractivity contribution is 7.90. The molecule has 5 heteroatoms. The molecule has 2 aliphatic carbocycles. The minimum Gasteiger partial charge on any atom is -0.299 e. The standard InChI is InChI=1S/C12H21NO3S/c1-3-12(14)11-7-9(6-8(11)2)13-17(15,16)10-4-5-10/h8-11,13H,3-7H2,1-2H3/t8-,9+,11+/m0/s1. The van der Waals surface area contributed by atoms with Gasteiger partial charge in [0.15, 0.2) is 0 Å². The molecule has 2 saturated carbocycles. The minimum atomic E-state index is -3.11. The minimum absolute atomic E-state index is 0.0314. The van der Waals surface area contributed by atoms with Crippen molar-refractivity contribution in [3.05, 3.63) is 0 Å². The Kier molecular flexibility index (Phi) is 3.59. The first-order chi connectivity index (χ1) is 7.94. The summed E-state index contributed by atoms with van der Waals surface area (Å²) in [5.74, 6) is 0.617. The van der Waals surface area contributed by atoms with Crippen LogP contribution < -0.4 is 4.72 Å². The Morgan fingerprint density at radius 2 is 1.94 bits per heavy atom. The summed E-state index contributed by atoms with van der Waals surface area (Å²) in [6.45, 7) is 3.92. The van der Waals surface area contributed by atoms with Crippen molar-refractivity contribution in [2.24, 2.45) is 11.8 Å². The van der Waals surface area contributed by atoms with Gasteiger partial charge in [-0.05, 0) is 31.6 Å². The van der Waals surface area contributed by atoms with Gasteiger partial charge in [-0.25, -0.2) is 13.1 Å². The Morgan fingerprint density at radius 3 is 2.47 bits per heavy atom. The fraction of sp³-hybridized carbons (Fsp3) is 0.917. The molecular formula is C12H21NO3S. The molecule has 17 heavy (non-hydrogen) atoms. The predicted molar refractivity (Wildman–Crippen MR) is 66.1 cm³/mol. The first-order valence-corrected chi connectivity index (χ1v) is 8.02. The van der Waals surface area contributed by atoms with Crippen LogP contribution in [-0.2, 0) is 14.8 Å². The lowest BCUT2D eigenvalue weighted by atomic mass is 9.92. The monoisotopic (exact) mass is 259 g/mol. The summed E-state index contributed by atoms with van der Waals surface area (Å²) in [7, 11) is -3.11. The maximum atomic E-state index is 11.8. The summed E-state index contributed by atoms with van der Waals surface area (Å²) in [5.41, 5.74) is 0. The van der Waals surface area contributed by atoms with Gasteiger partial charge in [0.2, 0.25) is 10.0 Å². The zero-order valence-electron chi connectivity index (χ0n) is 10.5. The smallest absolute Gasteiger partial charge is 0.214 e. The van der Waals surface area contributed by atoms with E-state index in [1.165, 1.54) is 0 Å². The van der Waals surface area contributed by atoms with E-state index < -0.39 is 10.0 Å². The van der Waals surface area contributed by atoms with E-state index in [1.807, 2.05) is 13.8 Å². The molecule has 2 aliphatic rings. The molecule has 3 atom stereocenters. The number of hydrogen-bond acceptors (Lipinski definition) is 3. The molecule has 4 nitrogen and oxygen atoms in total. The normalized spacial score (nSPS) is 33.9. The molecule has 0 aromatic carbocycles. The van der Waals surface area contributed by atoms with Gasteiger partial charge in [0.1, 0.15) is 5.78 Å². The number of carbonyl (C=O) groups excluding carboxylic acids is 1. The molecule has 0 aromatic heterocycles. The van der Waals surface area contributed by atoms with E-state index in [0.29, 0.717) is 18.8 Å². The van der Waals surface area contributed by atoms with Gasteiger partial charge in [-0.3, -0.25) is 4.79 Å². The average Bonchev–Trinajstić information content (AvgIpc) is 3.04. The van der Waals surface area contributed by atoms with Crippen molar-refractivity contribution in [3.8, 4) is 0 Å². The summed E-state index contributed by atoms with van der Waals surface area (Å²) < 4.78 is 26.4. The topological polar surface area (TPSA) is 63.2 Å². The second-order valence-corrected chi connectivity index (χ2v) is 7.43. The lowest BCUT2D eigenvalue weighted by Gasteiger charge is -2.12. The molecule has 0 saturated heterocycles. The molecule has 0 aromatic rings. The first-order valence-electron chi connectivity index (χ1n) is 6.48. The Hall–Kier alpha value is -0.420. The SMILES string of the molecule is CCC(=O)[C@@H]1C[C@H](NS(=O)(=O)C2CC2)C[C@@H]1C. The van der Waals surface area contributed by atoms with Crippen LogP contribution >= 0.6 is 0 Å². The quantitative estimate of drug-likeness (QED) is 0.813. The third-order valence-electron chi connectivity index (χ3n) is 3.94. The average molecular weight is 259 g/mol. The molecular weight excluding hydrogens is 238 g/mol. The van der Waals surface area contributed by atoms with Crippen LogP contribution in [0.15, 0.2) is 0 Å². The van der Waals surface area contributed by atoms with E-state index in [9.17, 15) is 13.2 Å². The molecule has 2 fully saturated rings. The van der Waals surface area contributed by atoms with Gasteiger partial charge in [-0.1, -0.05) is 13.8 Å². The number of carbonyl (C=O) groups is 1. The Bertz CT molecular complexity index is 400. The molecule has 0 bridgehead atoms. The van der Waals surface area contributed by atoms with E-state index >= 15 is 0 Å². The van der Waals surface area contributed by atoms with Crippen LogP contribution in [0, 0.1) is 11.8 Å². The number of hydrogen-bond donors (Lipinski definition) is 1. The van der Waals surface area contributed by atoms with Gasteiger partial charge < -0.3 is 0 Å². The number of Topliss-reactive ketones (excluding diaryl/α,β-unsaturated/α-hetero) is 1. The maximum absolute atomic E-state index is 11.8. The van der Waals surface area contributed by atoms with Crippen LogP contribution in [0.25, 0.3) is 0 Å². The number of rotatable bonds is 5. The highest BCUT2D eigenvalue weighted by Crippen LogP contribution is 2.35. The highest BCUT2D eigenvalue weighted by Gasteiger charge is 2.41. The molecule has 0 unspecified atom stereocenters. The van der Waals surface area contributed by atoms with Crippen LogP contribution in [0.3, 0.4) is 0 Å². The predicted octanol–water partition coefficient (Wildman–Crippen LogP) is 1.46. The molecule has 98 valence electrons. The van der Waals surface area contributed by atoms with Gasteiger partial charge in [0, 0.05) is 18.4 Å². The van der Waals surface area contributed by atoms with E-state index in [4.69, 9.17) is 0 Å². The molecule has 0 amide bonds. The van der Waals surface area contributed by atoms with Crippen molar-refractivity contribution < 1.29 is 13.2 Å². The fourth-order valence-corrected chi connectivity index (χ4v) is 4.37. The molecule has 0 radical (unpaired) electrons. The third kappa shape index (κ3) is 2.88. The van der Waals surface area contributed by atoms with Gasteiger partial charge in [0.25, 0.3) is 0 Å². The summed E-state index contributed by atoms with van der Waals surface area (Å²) in [4.78, 5) is 11.7. The molecule has 0 aliphatic heterocycles. The number of ketones is 1. The van der Waals surface area contributed by atoms with Crippen LogP contribution in [0.2, 0.25) is 0 Å². The second-order valence-electron chi connectivity index (χ2n) is 5.43. The summed E-state index contributed by atoms with van der Waals surface area (Å²) in [6.07, 6.45) is 3.60. The van der Waals surface area contributed by atoms with E-state index in [1.54, 1.807) is 0 Å². The summed E-state index contributed by atoms with van der Waals surface area (Å²) >= 11 is 0. The van der Waals surface area contributed by atoms with Crippen molar-refractivity contribution in [2.45, 2.75) is 57.2 Å². The highest BCUT2D eigenvalue weighted by atomic mass is 32.2. The van der Waals surface area contributed by atoms with Crippen LogP contribution in [0.4, 0.5) is 0 Å². The fourth-order valence-electron chi connectivity index (χ4n) is 2.76. The second kappa shape index (κ2) is 4.69. The maximum Gasteiger partial charge on any atom is 0.214 e. The Labute approximate surface area is 103 Å². The largest absolute Gasteiger partial charge is 0.299 e. The third-order valence-corrected chi connectivity index (χ3v) is 5.95. The zero-order chi connectivity index (χ0) is 12.6. The molecule has 1 N–H and O–H groups in total. The van der Waals surface area contributed by atoms with Crippen LogP contribution in [0.1, 0.15) is 46.0 Å². The van der Waals surface area contributed by atoms with E-state index in [-0.39, 0.29) is 23.0 Å². The van der Waals surface area contributed by atoms with Crippen molar-refractivity contribution in [2.75, 3.05) is 0 Å². The zero-order valence-corrected chi connectivity index (χ0v) is 11.3. The van der Waals surface area contributed by atoms with Gasteiger partial charge >= 0.3 is 0 Å². The van der Waals surface area contributed by atoms with Gasteiger partial charge in [-0.15, -0.1) is 0 Å². The van der Waals surface area contributed by atoms with Crippen LogP contribution in [0.5, 0.6) is 0 Å². The van der Waals surface area contributed by atoms with Crippen LogP contribution in [-0.4, -0.2) is 25.5 Å². The van der Waals surface area contributed by atoms with Crippen molar-refractivity contribution >= 4 is 15.8 Å². The van der Waals surface area contributed by atoms with Crippen molar-refractivity contribution in [1.29, 1.82) is 0 Å². The Morgan fingerprint density at radius 1 is 1.29 bits per heavy atom. The summed E-state index contributed by atoms with van der Waals surface area (Å²) in [6, 6.07) is -0.0314. The lowest BCUT2D eigenvalue weighted by Crippen LogP contribution is -2.35. The molecule has 2 rings (SSSR count). The van der Waals surface area contributed by atoms with Gasteiger partial charge in [-0.2, -0.15) is 0 Å².